The topological polar surface area (TPSA) is 102 Å². The maximum atomic E-state index is 11.5. The molecule has 0 bridgehead atoms. The second-order valence-corrected chi connectivity index (χ2v) is 3.77. The van der Waals surface area contributed by atoms with Gasteiger partial charge in [-0.2, -0.15) is 0 Å². The third-order valence-electron chi connectivity index (χ3n) is 1.98. The fourth-order valence-electron chi connectivity index (χ4n) is 1.00. The lowest BCUT2D eigenvalue weighted by Gasteiger charge is -2.20. The summed E-state index contributed by atoms with van der Waals surface area (Å²) in [6, 6.07) is 4.20. The maximum absolute atomic E-state index is 11.5. The maximum Gasteiger partial charge on any atom is 0.267 e. The molecule has 1 aromatic rings. The molecule has 0 aliphatic carbocycles. The summed E-state index contributed by atoms with van der Waals surface area (Å²) in [7, 11) is 0. The second-order valence-electron chi connectivity index (χ2n) is 3.77. The molecule has 16 heavy (non-hydrogen) atoms. The first-order valence-electron chi connectivity index (χ1n) is 4.75. The van der Waals surface area contributed by atoms with Gasteiger partial charge in [0.15, 0.2) is 0 Å². The summed E-state index contributed by atoms with van der Waals surface area (Å²) < 4.78 is 0. The number of rotatable bonds is 4. The van der Waals surface area contributed by atoms with Gasteiger partial charge < -0.3 is 20.5 Å². The van der Waals surface area contributed by atoms with Gasteiger partial charge >= 0.3 is 0 Å². The van der Waals surface area contributed by atoms with E-state index >= 15 is 0 Å². The van der Waals surface area contributed by atoms with Crippen LogP contribution in [0, 0.1) is 0 Å². The Morgan fingerprint density at radius 2 is 2.25 bits per heavy atom. The van der Waals surface area contributed by atoms with E-state index in [9.17, 15) is 14.7 Å². The summed E-state index contributed by atoms with van der Waals surface area (Å²) in [6.45, 7) is 0.832. The Bertz CT molecular complexity index is 425. The van der Waals surface area contributed by atoms with E-state index in [0.717, 1.165) is 0 Å². The fraction of sp³-hybridized carbons (Fsp3) is 0.400. The molecule has 0 radical (unpaired) electrons. The molecular formula is C10H14N2O4. The lowest BCUT2D eigenvalue weighted by Crippen LogP contribution is -2.43. The summed E-state index contributed by atoms with van der Waals surface area (Å²) in [5, 5.41) is 20.6. The number of carbonyl (C=O) groups excluding carboxylic acids is 1. The van der Waals surface area contributed by atoms with Gasteiger partial charge in [-0.1, -0.05) is 6.07 Å². The lowest BCUT2D eigenvalue weighted by atomic mass is 10.1. The number of aromatic amines is 1. The molecule has 0 spiro atoms. The van der Waals surface area contributed by atoms with Crippen LogP contribution in [0.2, 0.25) is 0 Å². The molecule has 1 amide bonds. The van der Waals surface area contributed by atoms with Crippen LogP contribution < -0.4 is 10.9 Å². The number of hydrogen-bond donors (Lipinski definition) is 4. The number of hydrogen-bond acceptors (Lipinski definition) is 4. The molecule has 1 heterocycles. The molecule has 1 unspecified atom stereocenters. The van der Waals surface area contributed by atoms with Crippen LogP contribution in [0.25, 0.3) is 0 Å². The molecule has 1 atom stereocenters. The zero-order chi connectivity index (χ0) is 12.2. The number of amides is 1. The van der Waals surface area contributed by atoms with Crippen LogP contribution in [-0.4, -0.2) is 39.9 Å². The molecule has 0 aromatic carbocycles. The predicted octanol–water partition coefficient (Wildman–Crippen LogP) is -1.15. The van der Waals surface area contributed by atoms with Crippen LogP contribution in [0.4, 0.5) is 0 Å². The number of carbonyl (C=O) groups is 1. The lowest BCUT2D eigenvalue weighted by molar-refractivity contribution is 0.00316. The van der Waals surface area contributed by atoms with Gasteiger partial charge in [-0.05, 0) is 13.0 Å². The highest BCUT2D eigenvalue weighted by Crippen LogP contribution is 1.99. The third-order valence-corrected chi connectivity index (χ3v) is 1.98. The third kappa shape index (κ3) is 3.48. The van der Waals surface area contributed by atoms with E-state index in [-0.39, 0.29) is 17.8 Å². The van der Waals surface area contributed by atoms with Crippen molar-refractivity contribution in [3.63, 3.8) is 0 Å². The molecule has 0 aliphatic rings. The first kappa shape index (κ1) is 12.4. The highest BCUT2D eigenvalue weighted by molar-refractivity contribution is 5.92. The van der Waals surface area contributed by atoms with E-state index in [2.05, 4.69) is 10.3 Å². The Morgan fingerprint density at radius 1 is 1.56 bits per heavy atom. The molecule has 0 fully saturated rings. The standard InChI is InChI=1S/C10H14N2O4/c1-10(16,6-13)5-11-9(15)7-3-2-4-8(14)12-7/h2-4,13,16H,5-6H2,1H3,(H,11,15)(H,12,14). The number of H-pyrrole nitrogens is 1. The minimum Gasteiger partial charge on any atom is -0.393 e. The van der Waals surface area contributed by atoms with Crippen molar-refractivity contribution in [3.05, 3.63) is 34.2 Å². The molecule has 88 valence electrons. The average Bonchev–Trinajstić information content (AvgIpc) is 2.26. The van der Waals surface area contributed by atoms with Gasteiger partial charge in [0.05, 0.1) is 6.61 Å². The van der Waals surface area contributed by atoms with Crippen molar-refractivity contribution in [1.29, 1.82) is 0 Å². The van der Waals surface area contributed by atoms with Gasteiger partial charge in [0.1, 0.15) is 11.3 Å². The number of pyridine rings is 1. The van der Waals surface area contributed by atoms with Crippen LogP contribution in [0.5, 0.6) is 0 Å². The van der Waals surface area contributed by atoms with Crippen LogP contribution in [0.1, 0.15) is 17.4 Å². The molecule has 4 N–H and O–H groups in total. The van der Waals surface area contributed by atoms with Crippen LogP contribution in [-0.2, 0) is 0 Å². The van der Waals surface area contributed by atoms with E-state index in [1.165, 1.54) is 25.1 Å². The SMILES string of the molecule is CC(O)(CO)CNC(=O)c1cccc(=O)[nH]1. The van der Waals surface area contributed by atoms with E-state index in [4.69, 9.17) is 5.11 Å². The van der Waals surface area contributed by atoms with E-state index in [1.54, 1.807) is 0 Å². The van der Waals surface area contributed by atoms with Crippen LogP contribution in [0.15, 0.2) is 23.0 Å². The smallest absolute Gasteiger partial charge is 0.267 e. The largest absolute Gasteiger partial charge is 0.393 e. The summed E-state index contributed by atoms with van der Waals surface area (Å²) in [6.07, 6.45) is 0. The fourth-order valence-corrected chi connectivity index (χ4v) is 1.00. The minimum atomic E-state index is -1.37. The monoisotopic (exact) mass is 226 g/mol. The van der Waals surface area contributed by atoms with Gasteiger partial charge in [0, 0.05) is 12.6 Å². The molecule has 6 nitrogen and oxygen atoms in total. The van der Waals surface area contributed by atoms with E-state index in [1.807, 2.05) is 0 Å². The van der Waals surface area contributed by atoms with E-state index < -0.39 is 18.1 Å². The molecule has 0 saturated heterocycles. The highest BCUT2D eigenvalue weighted by atomic mass is 16.3. The minimum absolute atomic E-state index is 0.0980. The van der Waals surface area contributed by atoms with Gasteiger partial charge in [-0.3, -0.25) is 9.59 Å². The first-order valence-corrected chi connectivity index (χ1v) is 4.75. The molecule has 1 aromatic heterocycles. The van der Waals surface area contributed by atoms with Gasteiger partial charge in [0.25, 0.3) is 5.91 Å². The molecule has 0 aliphatic heterocycles. The molecule has 0 saturated carbocycles. The number of nitrogens with one attached hydrogen (secondary N) is 2. The Kier molecular flexibility index (Phi) is 3.81. The van der Waals surface area contributed by atoms with Gasteiger partial charge in [0.2, 0.25) is 5.56 Å². The molecule has 1 rings (SSSR count). The van der Waals surface area contributed by atoms with E-state index in [0.29, 0.717) is 0 Å². The van der Waals surface area contributed by atoms with Gasteiger partial charge in [-0.25, -0.2) is 0 Å². The Balaban J connectivity index is 2.63. The number of aromatic nitrogens is 1. The highest BCUT2D eigenvalue weighted by Gasteiger charge is 2.20. The van der Waals surface area contributed by atoms with Gasteiger partial charge in [-0.15, -0.1) is 0 Å². The van der Waals surface area contributed by atoms with Crippen molar-refractivity contribution in [2.24, 2.45) is 0 Å². The van der Waals surface area contributed by atoms with Crippen molar-refractivity contribution >= 4 is 5.91 Å². The normalized spacial score (nSPS) is 14.2. The molecular weight excluding hydrogens is 212 g/mol. The average molecular weight is 226 g/mol. The van der Waals surface area contributed by atoms with Crippen molar-refractivity contribution < 1.29 is 15.0 Å². The first-order chi connectivity index (χ1) is 7.44. The Morgan fingerprint density at radius 3 is 2.81 bits per heavy atom. The number of aliphatic hydroxyl groups is 2. The predicted molar refractivity (Wildman–Crippen MR) is 57.1 cm³/mol. The van der Waals surface area contributed by atoms with Crippen molar-refractivity contribution in [1.82, 2.24) is 10.3 Å². The Hall–Kier alpha value is -1.66. The quantitative estimate of drug-likeness (QED) is 0.520. The van der Waals surface area contributed by atoms with Crippen molar-refractivity contribution in [2.45, 2.75) is 12.5 Å². The Labute approximate surface area is 91.9 Å². The van der Waals surface area contributed by atoms with Crippen LogP contribution >= 0.6 is 0 Å². The summed E-state index contributed by atoms with van der Waals surface area (Å²) in [4.78, 5) is 24.8. The van der Waals surface area contributed by atoms with Crippen molar-refractivity contribution in [3.8, 4) is 0 Å². The summed E-state index contributed by atoms with van der Waals surface area (Å²) in [5.74, 6) is -0.508. The molecule has 6 heteroatoms. The second kappa shape index (κ2) is 4.91. The van der Waals surface area contributed by atoms with Crippen LogP contribution in [0.3, 0.4) is 0 Å². The summed E-state index contributed by atoms with van der Waals surface area (Å²) >= 11 is 0. The zero-order valence-electron chi connectivity index (χ0n) is 8.86. The summed E-state index contributed by atoms with van der Waals surface area (Å²) in [5.41, 5.74) is -1.63. The van der Waals surface area contributed by atoms with Crippen molar-refractivity contribution in [2.75, 3.05) is 13.2 Å². The zero-order valence-corrected chi connectivity index (χ0v) is 8.86. The number of aliphatic hydroxyl groups excluding tert-OH is 1.